The van der Waals surface area contributed by atoms with Crippen LogP contribution in [0.1, 0.15) is 5.56 Å². The summed E-state index contributed by atoms with van der Waals surface area (Å²) in [6.07, 6.45) is -0.512. The minimum absolute atomic E-state index is 0. The maximum absolute atomic E-state index is 10.4. The van der Waals surface area contributed by atoms with Crippen LogP contribution in [0.5, 0.6) is 17.2 Å². The fourth-order valence-electron chi connectivity index (χ4n) is 3.76. The number of para-hydroxylation sites is 2. The number of nitrogens with zero attached hydrogens (tertiary/aromatic N) is 2. The lowest BCUT2D eigenvalue weighted by molar-refractivity contribution is 0.00910. The van der Waals surface area contributed by atoms with Gasteiger partial charge in [0.15, 0.2) is 11.5 Å². The molecule has 2 aliphatic rings. The predicted octanol–water partition coefficient (Wildman–Crippen LogP) is 2.97. The molecule has 1 unspecified atom stereocenters. The lowest BCUT2D eigenvalue weighted by atomic mass is 10.2. The topological polar surface area (TPSA) is 63.6 Å². The molecule has 172 valence electrons. The Morgan fingerprint density at radius 3 is 2.52 bits per heavy atom. The van der Waals surface area contributed by atoms with Crippen molar-refractivity contribution in [1.29, 1.82) is 0 Å². The zero-order valence-corrected chi connectivity index (χ0v) is 19.2. The molecule has 1 fully saturated rings. The van der Waals surface area contributed by atoms with Crippen molar-refractivity contribution in [2.45, 2.75) is 12.7 Å². The summed E-state index contributed by atoms with van der Waals surface area (Å²) in [5.74, 6) is 2.42. The summed E-state index contributed by atoms with van der Waals surface area (Å²) in [5, 5.41) is 10.4. The van der Waals surface area contributed by atoms with Crippen molar-refractivity contribution in [1.82, 2.24) is 4.90 Å². The van der Waals surface area contributed by atoms with Gasteiger partial charge in [-0.15, -0.1) is 24.8 Å². The van der Waals surface area contributed by atoms with E-state index in [4.69, 9.17) is 18.9 Å². The Kier molecular flexibility index (Phi) is 9.99. The zero-order valence-electron chi connectivity index (χ0n) is 17.6. The van der Waals surface area contributed by atoms with Crippen LogP contribution >= 0.6 is 24.8 Å². The van der Waals surface area contributed by atoms with E-state index in [0.717, 1.165) is 54.7 Å². The lowest BCUT2D eigenvalue weighted by Crippen LogP contribution is -2.49. The van der Waals surface area contributed by atoms with E-state index in [0.29, 0.717) is 19.8 Å². The van der Waals surface area contributed by atoms with E-state index in [2.05, 4.69) is 15.9 Å². The molecule has 0 bridgehead atoms. The molecule has 2 aromatic carbocycles. The van der Waals surface area contributed by atoms with Crippen molar-refractivity contribution in [3.63, 3.8) is 0 Å². The van der Waals surface area contributed by atoms with Gasteiger partial charge < -0.3 is 29.0 Å². The number of β-amino-alcohol motifs (C(OH)–C–C–N with tert-alkyl or cyclic N) is 1. The Labute approximate surface area is 195 Å². The second-order valence-electron chi connectivity index (χ2n) is 7.32. The maximum Gasteiger partial charge on any atom is 0.231 e. The number of hydrogen-bond acceptors (Lipinski definition) is 7. The van der Waals surface area contributed by atoms with Gasteiger partial charge in [-0.05, 0) is 29.8 Å². The second kappa shape index (κ2) is 12.2. The van der Waals surface area contributed by atoms with Crippen molar-refractivity contribution in [2.75, 3.05) is 58.1 Å². The number of rotatable bonds is 8. The number of benzene rings is 2. The summed E-state index contributed by atoms with van der Waals surface area (Å²) in [7, 11) is 1.70. The van der Waals surface area contributed by atoms with Crippen molar-refractivity contribution < 1.29 is 24.1 Å². The SMILES string of the molecule is COc1ccccc1N1CCN(CC(O)COCc2ccc3c(c2)OCO3)CC1.Cl.Cl. The third-order valence-corrected chi connectivity index (χ3v) is 5.28. The van der Waals surface area contributed by atoms with Gasteiger partial charge in [0, 0.05) is 32.7 Å². The molecule has 0 aliphatic carbocycles. The average molecular weight is 473 g/mol. The number of anilines is 1. The Morgan fingerprint density at radius 2 is 1.74 bits per heavy atom. The number of fused-ring (bicyclic) bond motifs is 1. The number of piperazine rings is 1. The highest BCUT2D eigenvalue weighted by Crippen LogP contribution is 2.32. The number of hydrogen-bond donors (Lipinski definition) is 1. The first-order valence-electron chi connectivity index (χ1n) is 9.97. The van der Waals surface area contributed by atoms with E-state index >= 15 is 0 Å². The van der Waals surface area contributed by atoms with Gasteiger partial charge in [-0.1, -0.05) is 18.2 Å². The molecule has 0 aromatic heterocycles. The molecule has 7 nitrogen and oxygen atoms in total. The molecule has 2 aromatic rings. The third kappa shape index (κ3) is 6.54. The summed E-state index contributed by atoms with van der Waals surface area (Å²) in [6.45, 7) is 5.24. The van der Waals surface area contributed by atoms with Gasteiger partial charge in [0.2, 0.25) is 6.79 Å². The first-order valence-corrected chi connectivity index (χ1v) is 9.97. The Hall–Kier alpha value is -1.90. The summed E-state index contributed by atoms with van der Waals surface area (Å²) >= 11 is 0. The molecule has 1 N–H and O–H groups in total. The molecule has 1 atom stereocenters. The van der Waals surface area contributed by atoms with Crippen LogP contribution in [0.15, 0.2) is 42.5 Å². The van der Waals surface area contributed by atoms with Crippen LogP contribution in [0.25, 0.3) is 0 Å². The van der Waals surface area contributed by atoms with Gasteiger partial charge in [0.1, 0.15) is 5.75 Å². The molecule has 31 heavy (non-hydrogen) atoms. The van der Waals surface area contributed by atoms with E-state index in [1.165, 1.54) is 0 Å². The van der Waals surface area contributed by atoms with Crippen LogP contribution in [0.2, 0.25) is 0 Å². The molecule has 4 rings (SSSR count). The summed E-state index contributed by atoms with van der Waals surface area (Å²) < 4.78 is 21.9. The molecular formula is C22H30Cl2N2O5. The summed E-state index contributed by atoms with van der Waals surface area (Å²) in [6, 6.07) is 13.9. The highest BCUT2D eigenvalue weighted by molar-refractivity contribution is 5.85. The number of aliphatic hydroxyl groups is 1. The standard InChI is InChI=1S/C22H28N2O5.2ClH/c1-26-20-5-3-2-4-19(20)24-10-8-23(9-11-24)13-18(25)15-27-14-17-6-7-21-22(12-17)29-16-28-21;;/h2-7,12,18,25H,8-11,13-16H2,1H3;2*1H. The predicted molar refractivity (Wildman–Crippen MR) is 124 cm³/mol. The monoisotopic (exact) mass is 472 g/mol. The normalized spacial score (nSPS) is 16.3. The molecular weight excluding hydrogens is 443 g/mol. The Morgan fingerprint density at radius 1 is 1.00 bits per heavy atom. The molecule has 1 saturated heterocycles. The molecule has 0 amide bonds. The minimum Gasteiger partial charge on any atom is -0.495 e. The van der Waals surface area contributed by atoms with Gasteiger partial charge in [0.25, 0.3) is 0 Å². The van der Waals surface area contributed by atoms with Crippen molar-refractivity contribution in [3.8, 4) is 17.2 Å². The quantitative estimate of drug-likeness (QED) is 0.633. The summed E-state index contributed by atoms with van der Waals surface area (Å²) in [5.41, 5.74) is 2.13. The zero-order chi connectivity index (χ0) is 20.1. The molecule has 2 aliphatic heterocycles. The van der Waals surface area contributed by atoms with Crippen LogP contribution in [-0.2, 0) is 11.3 Å². The largest absolute Gasteiger partial charge is 0.495 e. The molecule has 0 radical (unpaired) electrons. The molecule has 9 heteroatoms. The third-order valence-electron chi connectivity index (χ3n) is 5.28. The van der Waals surface area contributed by atoms with E-state index < -0.39 is 6.10 Å². The Bertz CT molecular complexity index is 818. The van der Waals surface area contributed by atoms with Crippen molar-refractivity contribution in [3.05, 3.63) is 48.0 Å². The smallest absolute Gasteiger partial charge is 0.231 e. The van der Waals surface area contributed by atoms with Gasteiger partial charge in [0.05, 0.1) is 32.1 Å². The van der Waals surface area contributed by atoms with Crippen molar-refractivity contribution in [2.24, 2.45) is 0 Å². The lowest BCUT2D eigenvalue weighted by Gasteiger charge is -2.37. The number of methoxy groups -OCH3 is 1. The first kappa shape index (κ1) is 25.4. The molecule has 2 heterocycles. The van der Waals surface area contributed by atoms with E-state index in [1.54, 1.807) is 7.11 Å². The average Bonchev–Trinajstić information content (AvgIpc) is 3.22. The van der Waals surface area contributed by atoms with E-state index in [1.807, 2.05) is 36.4 Å². The summed E-state index contributed by atoms with van der Waals surface area (Å²) in [4.78, 5) is 4.61. The highest BCUT2D eigenvalue weighted by atomic mass is 35.5. The van der Waals surface area contributed by atoms with Crippen LogP contribution in [0.4, 0.5) is 5.69 Å². The Balaban J connectivity index is 0.00000171. The van der Waals surface area contributed by atoms with Gasteiger partial charge in [-0.25, -0.2) is 0 Å². The van der Waals surface area contributed by atoms with Crippen LogP contribution < -0.4 is 19.1 Å². The second-order valence-corrected chi connectivity index (χ2v) is 7.32. The minimum atomic E-state index is -0.512. The number of halogens is 2. The van der Waals surface area contributed by atoms with Gasteiger partial charge in [-0.3, -0.25) is 4.90 Å². The number of ether oxygens (including phenoxy) is 4. The maximum atomic E-state index is 10.4. The molecule has 0 saturated carbocycles. The van der Waals surface area contributed by atoms with Crippen LogP contribution in [0.3, 0.4) is 0 Å². The fourth-order valence-corrected chi connectivity index (χ4v) is 3.76. The molecule has 0 spiro atoms. The fraction of sp³-hybridized carbons (Fsp3) is 0.455. The van der Waals surface area contributed by atoms with Crippen molar-refractivity contribution >= 4 is 30.5 Å². The first-order chi connectivity index (χ1) is 14.2. The van der Waals surface area contributed by atoms with E-state index in [9.17, 15) is 5.11 Å². The van der Waals surface area contributed by atoms with Crippen LogP contribution in [0, 0.1) is 0 Å². The van der Waals surface area contributed by atoms with Crippen LogP contribution in [-0.4, -0.2) is 69.3 Å². The van der Waals surface area contributed by atoms with E-state index in [-0.39, 0.29) is 31.6 Å². The number of aliphatic hydroxyl groups excluding tert-OH is 1. The van der Waals surface area contributed by atoms with Gasteiger partial charge >= 0.3 is 0 Å². The van der Waals surface area contributed by atoms with Gasteiger partial charge in [-0.2, -0.15) is 0 Å². The highest BCUT2D eigenvalue weighted by Gasteiger charge is 2.21.